The Kier molecular flexibility index (Phi) is 5.17. The van der Waals surface area contributed by atoms with Gasteiger partial charge in [-0.05, 0) is 32.4 Å². The molecule has 6 heteroatoms. The molecule has 0 heterocycles. The van der Waals surface area contributed by atoms with E-state index in [0.717, 1.165) is 25.8 Å². The Bertz CT molecular complexity index is 305. The molecule has 1 aliphatic rings. The van der Waals surface area contributed by atoms with Gasteiger partial charge in [0.25, 0.3) is 10.2 Å². The number of hydrogen-bond donors (Lipinski definition) is 2. The summed E-state index contributed by atoms with van der Waals surface area (Å²) in [5, 5.41) is 3.00. The molecule has 1 aliphatic carbocycles. The molecule has 0 amide bonds. The molecule has 0 radical (unpaired) electrons. The number of nitrogens with zero attached hydrogens (tertiary/aromatic N) is 1. The quantitative estimate of drug-likeness (QED) is 0.602. The molecule has 96 valence electrons. The van der Waals surface area contributed by atoms with Crippen LogP contribution in [0.1, 0.15) is 26.2 Å². The Balaban J connectivity index is 2.32. The molecule has 2 unspecified atom stereocenters. The van der Waals surface area contributed by atoms with Gasteiger partial charge in [-0.15, -0.1) is 0 Å². The molecule has 1 rings (SSSR count). The van der Waals surface area contributed by atoms with E-state index in [1.165, 1.54) is 4.31 Å². The summed E-state index contributed by atoms with van der Waals surface area (Å²) in [6, 6.07) is 0.168. The zero-order chi connectivity index (χ0) is 12.2. The van der Waals surface area contributed by atoms with Crippen LogP contribution < -0.4 is 10.0 Å². The fraction of sp³-hybridized carbons (Fsp3) is 1.00. The van der Waals surface area contributed by atoms with Gasteiger partial charge < -0.3 is 5.32 Å². The fourth-order valence-corrected chi connectivity index (χ4v) is 2.94. The summed E-state index contributed by atoms with van der Waals surface area (Å²) in [5.74, 6) is 0.542. The first-order valence-electron chi connectivity index (χ1n) is 5.89. The summed E-state index contributed by atoms with van der Waals surface area (Å²) in [5.41, 5.74) is 0. The van der Waals surface area contributed by atoms with E-state index in [1.807, 2.05) is 7.05 Å². The second-order valence-corrected chi connectivity index (χ2v) is 6.22. The van der Waals surface area contributed by atoms with Gasteiger partial charge in [-0.3, -0.25) is 0 Å². The average molecular weight is 249 g/mol. The highest BCUT2D eigenvalue weighted by molar-refractivity contribution is 7.87. The first kappa shape index (κ1) is 13.9. The molecule has 16 heavy (non-hydrogen) atoms. The van der Waals surface area contributed by atoms with E-state index in [4.69, 9.17) is 0 Å². The molecular weight excluding hydrogens is 226 g/mol. The van der Waals surface area contributed by atoms with Crippen LogP contribution in [0.25, 0.3) is 0 Å². The molecule has 0 aliphatic heterocycles. The Labute approximate surface area is 98.8 Å². The lowest BCUT2D eigenvalue weighted by Crippen LogP contribution is -2.40. The third kappa shape index (κ3) is 4.01. The maximum atomic E-state index is 11.8. The fourth-order valence-electron chi connectivity index (χ4n) is 1.72. The molecule has 2 N–H and O–H groups in total. The van der Waals surface area contributed by atoms with Crippen molar-refractivity contribution in [2.24, 2.45) is 5.92 Å². The minimum atomic E-state index is -3.26. The first-order valence-corrected chi connectivity index (χ1v) is 7.33. The summed E-state index contributed by atoms with van der Waals surface area (Å²) in [6.45, 7) is 3.48. The van der Waals surface area contributed by atoms with E-state index in [0.29, 0.717) is 12.5 Å². The summed E-state index contributed by atoms with van der Waals surface area (Å²) >= 11 is 0. The van der Waals surface area contributed by atoms with Crippen molar-refractivity contribution >= 4 is 10.2 Å². The van der Waals surface area contributed by atoms with Crippen LogP contribution in [-0.4, -0.2) is 45.9 Å². The van der Waals surface area contributed by atoms with Gasteiger partial charge in [0.05, 0.1) is 0 Å². The predicted molar refractivity (Wildman–Crippen MR) is 65.4 cm³/mol. The van der Waals surface area contributed by atoms with Crippen LogP contribution in [0.3, 0.4) is 0 Å². The average Bonchev–Trinajstić information content (AvgIpc) is 2.95. The topological polar surface area (TPSA) is 61.4 Å². The van der Waals surface area contributed by atoms with Crippen molar-refractivity contribution in [1.29, 1.82) is 0 Å². The Morgan fingerprint density at radius 1 is 1.44 bits per heavy atom. The monoisotopic (exact) mass is 249 g/mol. The smallest absolute Gasteiger partial charge is 0.279 e. The lowest BCUT2D eigenvalue weighted by molar-refractivity contribution is 0.446. The van der Waals surface area contributed by atoms with Crippen molar-refractivity contribution in [3.05, 3.63) is 0 Å². The summed E-state index contributed by atoms with van der Waals surface area (Å²) in [7, 11) is 0.225. The van der Waals surface area contributed by atoms with Gasteiger partial charge in [-0.2, -0.15) is 17.4 Å². The van der Waals surface area contributed by atoms with E-state index in [2.05, 4.69) is 17.0 Å². The van der Waals surface area contributed by atoms with Crippen molar-refractivity contribution in [2.45, 2.75) is 32.2 Å². The first-order chi connectivity index (χ1) is 7.51. The maximum Gasteiger partial charge on any atom is 0.279 e. The van der Waals surface area contributed by atoms with Gasteiger partial charge in [0.2, 0.25) is 0 Å². The Morgan fingerprint density at radius 3 is 2.62 bits per heavy atom. The van der Waals surface area contributed by atoms with Crippen molar-refractivity contribution in [3.63, 3.8) is 0 Å². The molecule has 1 fully saturated rings. The third-order valence-corrected chi connectivity index (χ3v) is 4.66. The van der Waals surface area contributed by atoms with Crippen LogP contribution in [0.2, 0.25) is 0 Å². The van der Waals surface area contributed by atoms with E-state index < -0.39 is 10.2 Å². The number of rotatable bonds is 8. The highest BCUT2D eigenvalue weighted by atomic mass is 32.2. The number of hydrogen-bond acceptors (Lipinski definition) is 3. The van der Waals surface area contributed by atoms with Crippen LogP contribution in [0.5, 0.6) is 0 Å². The molecule has 0 aromatic carbocycles. The molecule has 2 atom stereocenters. The van der Waals surface area contributed by atoms with Crippen molar-refractivity contribution in [2.75, 3.05) is 27.2 Å². The van der Waals surface area contributed by atoms with Crippen LogP contribution in [0.4, 0.5) is 0 Å². The molecule has 0 bridgehead atoms. The summed E-state index contributed by atoms with van der Waals surface area (Å²) in [4.78, 5) is 0. The Hall–Kier alpha value is -0.170. The summed E-state index contributed by atoms with van der Waals surface area (Å²) < 4.78 is 27.8. The standard InChI is InChI=1S/C10H23N3O2S/c1-4-9-8-10(9)12-16(14,15)13(3)7-5-6-11-2/h9-12H,4-8H2,1-3H3. The van der Waals surface area contributed by atoms with Crippen LogP contribution in [-0.2, 0) is 10.2 Å². The van der Waals surface area contributed by atoms with E-state index >= 15 is 0 Å². The number of nitrogens with one attached hydrogen (secondary N) is 2. The molecular formula is C10H23N3O2S. The molecule has 1 saturated carbocycles. The zero-order valence-electron chi connectivity index (χ0n) is 10.4. The second-order valence-electron chi connectivity index (χ2n) is 4.41. The lowest BCUT2D eigenvalue weighted by Gasteiger charge is -2.17. The second kappa shape index (κ2) is 5.95. The summed E-state index contributed by atoms with van der Waals surface area (Å²) in [6.07, 6.45) is 2.87. The third-order valence-electron chi connectivity index (χ3n) is 3.06. The normalized spacial score (nSPS) is 25.0. The SMILES string of the molecule is CCC1CC1NS(=O)(=O)N(C)CCCNC. The molecule has 0 aromatic rings. The van der Waals surface area contributed by atoms with Crippen LogP contribution >= 0.6 is 0 Å². The van der Waals surface area contributed by atoms with Crippen LogP contribution in [0, 0.1) is 5.92 Å². The Morgan fingerprint density at radius 2 is 2.12 bits per heavy atom. The van der Waals surface area contributed by atoms with Gasteiger partial charge >= 0.3 is 0 Å². The van der Waals surface area contributed by atoms with Crippen LogP contribution in [0.15, 0.2) is 0 Å². The lowest BCUT2D eigenvalue weighted by atomic mass is 10.3. The predicted octanol–water partition coefficient (Wildman–Crippen LogP) is 0.161. The van der Waals surface area contributed by atoms with Gasteiger partial charge in [0, 0.05) is 19.6 Å². The van der Waals surface area contributed by atoms with Gasteiger partial charge in [-0.1, -0.05) is 13.3 Å². The molecule has 5 nitrogen and oxygen atoms in total. The maximum absolute atomic E-state index is 11.8. The van der Waals surface area contributed by atoms with Crippen molar-refractivity contribution in [3.8, 4) is 0 Å². The van der Waals surface area contributed by atoms with Crippen molar-refractivity contribution < 1.29 is 8.42 Å². The van der Waals surface area contributed by atoms with E-state index in [1.54, 1.807) is 7.05 Å². The molecule has 0 aromatic heterocycles. The van der Waals surface area contributed by atoms with Gasteiger partial charge in [0.1, 0.15) is 0 Å². The zero-order valence-corrected chi connectivity index (χ0v) is 11.2. The molecule has 0 spiro atoms. The van der Waals surface area contributed by atoms with Crippen molar-refractivity contribution in [1.82, 2.24) is 14.3 Å². The minimum absolute atomic E-state index is 0.168. The van der Waals surface area contributed by atoms with E-state index in [9.17, 15) is 8.42 Å². The minimum Gasteiger partial charge on any atom is -0.320 e. The van der Waals surface area contributed by atoms with Gasteiger partial charge in [0.15, 0.2) is 0 Å². The van der Waals surface area contributed by atoms with E-state index in [-0.39, 0.29) is 6.04 Å². The largest absolute Gasteiger partial charge is 0.320 e. The highest BCUT2D eigenvalue weighted by Gasteiger charge is 2.39. The van der Waals surface area contributed by atoms with Gasteiger partial charge in [-0.25, -0.2) is 0 Å². The highest BCUT2D eigenvalue weighted by Crippen LogP contribution is 2.33. The molecule has 0 saturated heterocycles.